The molecular formula is C17H14ClFN2OS2. The Labute approximate surface area is 152 Å². The molecule has 3 nitrogen and oxygen atoms in total. The Hall–Kier alpha value is -1.76. The Morgan fingerprint density at radius 2 is 2.12 bits per heavy atom. The summed E-state index contributed by atoms with van der Waals surface area (Å²) >= 11 is 8.98. The minimum Gasteiger partial charge on any atom is -0.336 e. The number of carbonyl (C=O) groups excluding carboxylic acids is 1. The van der Waals surface area contributed by atoms with Crippen molar-refractivity contribution in [3.63, 3.8) is 0 Å². The van der Waals surface area contributed by atoms with Crippen LogP contribution < -0.4 is 0 Å². The predicted octanol–water partition coefficient (Wildman–Crippen LogP) is 5.24. The first-order valence-corrected chi connectivity index (χ1v) is 9.24. The number of hydrogen-bond acceptors (Lipinski definition) is 4. The maximum absolute atomic E-state index is 13.9. The molecular weight excluding hydrogens is 367 g/mol. The molecule has 0 fully saturated rings. The Morgan fingerprint density at radius 1 is 1.33 bits per heavy atom. The Morgan fingerprint density at radius 3 is 2.79 bits per heavy atom. The molecule has 2 aromatic heterocycles. The zero-order chi connectivity index (χ0) is 17.3. The number of carbonyl (C=O) groups is 1. The second kappa shape index (κ2) is 7.01. The van der Waals surface area contributed by atoms with E-state index in [0.717, 1.165) is 9.88 Å². The van der Waals surface area contributed by atoms with E-state index in [1.165, 1.54) is 22.3 Å². The lowest BCUT2D eigenvalue weighted by molar-refractivity contribution is 0.0788. The van der Waals surface area contributed by atoms with Crippen molar-refractivity contribution < 1.29 is 9.18 Å². The van der Waals surface area contributed by atoms with Crippen molar-refractivity contribution in [1.82, 2.24) is 9.88 Å². The second-order valence-corrected chi connectivity index (χ2v) is 7.63. The molecule has 0 radical (unpaired) electrons. The third-order valence-electron chi connectivity index (χ3n) is 3.53. The molecule has 1 amide bonds. The first kappa shape index (κ1) is 17.1. The van der Waals surface area contributed by atoms with Crippen molar-refractivity contribution in [2.75, 3.05) is 7.05 Å². The smallest absolute Gasteiger partial charge is 0.265 e. The lowest BCUT2D eigenvalue weighted by atomic mass is 10.2. The summed E-state index contributed by atoms with van der Waals surface area (Å²) in [4.78, 5) is 20.2. The highest BCUT2D eigenvalue weighted by molar-refractivity contribution is 7.22. The first-order chi connectivity index (χ1) is 11.5. The molecule has 0 unspecified atom stereocenters. The van der Waals surface area contributed by atoms with Gasteiger partial charge in [-0.1, -0.05) is 23.7 Å². The van der Waals surface area contributed by atoms with Crippen LogP contribution in [0.3, 0.4) is 0 Å². The van der Waals surface area contributed by atoms with Gasteiger partial charge in [0.1, 0.15) is 15.7 Å². The van der Waals surface area contributed by atoms with Gasteiger partial charge in [0.2, 0.25) is 0 Å². The predicted molar refractivity (Wildman–Crippen MR) is 97.4 cm³/mol. The molecule has 0 saturated heterocycles. The highest BCUT2D eigenvalue weighted by Crippen LogP contribution is 2.32. The standard InChI is InChI=1S/C17H14ClFN2OS2/c1-10-15(24-16(20-10)14-7-4-8-23-14)17(22)21(2)9-11-12(18)5-3-6-13(11)19/h3-8H,9H2,1-2H3. The lowest BCUT2D eigenvalue weighted by Gasteiger charge is -2.17. The number of hydrogen-bond donors (Lipinski definition) is 0. The molecule has 0 aliphatic carbocycles. The number of benzene rings is 1. The van der Waals surface area contributed by atoms with Crippen molar-refractivity contribution in [3.8, 4) is 9.88 Å². The molecule has 0 spiro atoms. The third-order valence-corrected chi connectivity index (χ3v) is 6.07. The molecule has 3 rings (SSSR count). The highest BCUT2D eigenvalue weighted by atomic mass is 35.5. The zero-order valence-corrected chi connectivity index (χ0v) is 15.4. The van der Waals surface area contributed by atoms with Crippen LogP contribution in [-0.4, -0.2) is 22.8 Å². The van der Waals surface area contributed by atoms with E-state index in [1.54, 1.807) is 30.5 Å². The maximum atomic E-state index is 13.9. The summed E-state index contributed by atoms with van der Waals surface area (Å²) in [5.41, 5.74) is 0.996. The van der Waals surface area contributed by atoms with Crippen molar-refractivity contribution in [2.45, 2.75) is 13.5 Å². The molecule has 7 heteroatoms. The zero-order valence-electron chi connectivity index (χ0n) is 13.0. The monoisotopic (exact) mass is 380 g/mol. The third kappa shape index (κ3) is 3.36. The molecule has 0 aliphatic rings. The highest BCUT2D eigenvalue weighted by Gasteiger charge is 2.21. The van der Waals surface area contributed by atoms with Gasteiger partial charge in [-0.15, -0.1) is 22.7 Å². The van der Waals surface area contributed by atoms with Crippen LogP contribution in [0.2, 0.25) is 5.02 Å². The van der Waals surface area contributed by atoms with E-state index in [4.69, 9.17) is 11.6 Å². The van der Waals surface area contributed by atoms with Gasteiger partial charge in [-0.3, -0.25) is 4.79 Å². The number of thiazole rings is 1. The molecule has 124 valence electrons. The summed E-state index contributed by atoms with van der Waals surface area (Å²) in [5.74, 6) is -0.602. The molecule has 3 aromatic rings. The Kier molecular flexibility index (Phi) is 4.99. The van der Waals surface area contributed by atoms with Crippen molar-refractivity contribution >= 4 is 40.2 Å². The molecule has 0 bridgehead atoms. The molecule has 0 aliphatic heterocycles. The summed E-state index contributed by atoms with van der Waals surface area (Å²) in [7, 11) is 1.63. The number of amides is 1. The van der Waals surface area contributed by atoms with Crippen LogP contribution in [0, 0.1) is 12.7 Å². The van der Waals surface area contributed by atoms with Crippen molar-refractivity contribution in [3.05, 3.63) is 62.7 Å². The average Bonchev–Trinajstić information content (AvgIpc) is 3.19. The van der Waals surface area contributed by atoms with E-state index in [2.05, 4.69) is 4.98 Å². The van der Waals surface area contributed by atoms with E-state index < -0.39 is 5.82 Å². The minimum absolute atomic E-state index is 0.107. The van der Waals surface area contributed by atoms with Gasteiger partial charge in [0, 0.05) is 17.6 Å². The maximum Gasteiger partial charge on any atom is 0.265 e. The summed E-state index contributed by atoms with van der Waals surface area (Å²) in [6.45, 7) is 1.92. The van der Waals surface area contributed by atoms with Gasteiger partial charge < -0.3 is 4.90 Å². The van der Waals surface area contributed by atoms with Crippen LogP contribution in [0.25, 0.3) is 9.88 Å². The minimum atomic E-state index is -0.414. The second-order valence-electron chi connectivity index (χ2n) is 5.27. The normalized spacial score (nSPS) is 10.8. The van der Waals surface area contributed by atoms with Crippen LogP contribution in [0.4, 0.5) is 4.39 Å². The van der Waals surface area contributed by atoms with Crippen LogP contribution in [0.15, 0.2) is 35.7 Å². The van der Waals surface area contributed by atoms with Crippen LogP contribution in [0.1, 0.15) is 20.9 Å². The molecule has 0 N–H and O–H groups in total. The summed E-state index contributed by atoms with van der Waals surface area (Å²) in [5, 5.41) is 3.11. The van der Waals surface area contributed by atoms with Gasteiger partial charge in [0.05, 0.1) is 17.1 Å². The molecule has 0 saturated carbocycles. The molecule has 0 atom stereocenters. The van der Waals surface area contributed by atoms with Gasteiger partial charge in [0.15, 0.2) is 0 Å². The van der Waals surface area contributed by atoms with E-state index in [0.29, 0.717) is 21.2 Å². The van der Waals surface area contributed by atoms with E-state index >= 15 is 0 Å². The van der Waals surface area contributed by atoms with Crippen LogP contribution in [-0.2, 0) is 6.54 Å². The van der Waals surface area contributed by atoms with Gasteiger partial charge in [-0.05, 0) is 30.5 Å². The van der Waals surface area contributed by atoms with Gasteiger partial charge in [-0.2, -0.15) is 0 Å². The van der Waals surface area contributed by atoms with E-state index in [9.17, 15) is 9.18 Å². The Balaban J connectivity index is 1.84. The van der Waals surface area contributed by atoms with Gasteiger partial charge in [-0.25, -0.2) is 9.37 Å². The fourth-order valence-corrected chi connectivity index (χ4v) is 4.35. The molecule has 24 heavy (non-hydrogen) atoms. The average molecular weight is 381 g/mol. The van der Waals surface area contributed by atoms with Crippen LogP contribution >= 0.6 is 34.3 Å². The fourth-order valence-electron chi connectivity index (χ4n) is 2.27. The topological polar surface area (TPSA) is 33.2 Å². The number of halogens is 2. The van der Waals surface area contributed by atoms with Crippen molar-refractivity contribution in [1.29, 1.82) is 0 Å². The van der Waals surface area contributed by atoms with E-state index in [-0.39, 0.29) is 12.5 Å². The largest absolute Gasteiger partial charge is 0.336 e. The number of nitrogens with zero attached hydrogens (tertiary/aromatic N) is 2. The lowest BCUT2D eigenvalue weighted by Crippen LogP contribution is -2.26. The fraction of sp³-hybridized carbons (Fsp3) is 0.176. The Bertz CT molecular complexity index is 857. The quantitative estimate of drug-likeness (QED) is 0.619. The summed E-state index contributed by atoms with van der Waals surface area (Å²) < 4.78 is 13.9. The van der Waals surface area contributed by atoms with Gasteiger partial charge >= 0.3 is 0 Å². The summed E-state index contributed by atoms with van der Waals surface area (Å²) in [6.07, 6.45) is 0. The van der Waals surface area contributed by atoms with E-state index in [1.807, 2.05) is 24.4 Å². The van der Waals surface area contributed by atoms with Crippen molar-refractivity contribution in [2.24, 2.45) is 0 Å². The molecule has 1 aromatic carbocycles. The first-order valence-electron chi connectivity index (χ1n) is 7.17. The SMILES string of the molecule is Cc1nc(-c2cccs2)sc1C(=O)N(C)Cc1c(F)cccc1Cl. The number of rotatable bonds is 4. The molecule has 2 heterocycles. The van der Waals surface area contributed by atoms with Crippen LogP contribution in [0.5, 0.6) is 0 Å². The number of aromatic nitrogens is 1. The number of thiophene rings is 1. The number of aryl methyl sites for hydroxylation is 1. The summed E-state index contributed by atoms with van der Waals surface area (Å²) in [6, 6.07) is 8.42. The van der Waals surface area contributed by atoms with Gasteiger partial charge in [0.25, 0.3) is 5.91 Å².